The van der Waals surface area contributed by atoms with E-state index in [4.69, 9.17) is 23.2 Å². The van der Waals surface area contributed by atoms with E-state index in [9.17, 15) is 24.3 Å². The number of likely N-dealkylation sites (tertiary alicyclic amines) is 1. The van der Waals surface area contributed by atoms with Crippen molar-refractivity contribution in [3.05, 3.63) is 68.6 Å². The number of aryl methyl sites for hydroxylation is 1. The second kappa shape index (κ2) is 11.9. The Balaban J connectivity index is 1.37. The molecule has 202 valence electrons. The van der Waals surface area contributed by atoms with E-state index in [-0.39, 0.29) is 33.9 Å². The first-order valence-corrected chi connectivity index (χ1v) is 13.2. The minimum absolute atomic E-state index is 0.0361. The molecule has 3 amide bonds. The number of aliphatic carboxylic acids is 1. The zero-order chi connectivity index (χ0) is 27.4. The van der Waals surface area contributed by atoms with Gasteiger partial charge in [0.1, 0.15) is 6.04 Å². The Morgan fingerprint density at radius 2 is 1.66 bits per heavy atom. The largest absolute Gasteiger partial charge is 0.480 e. The van der Waals surface area contributed by atoms with Crippen LogP contribution in [0.3, 0.4) is 0 Å². The van der Waals surface area contributed by atoms with Gasteiger partial charge in [-0.3, -0.25) is 13.9 Å². The van der Waals surface area contributed by atoms with E-state index in [1.165, 1.54) is 12.1 Å². The van der Waals surface area contributed by atoms with Gasteiger partial charge >= 0.3 is 17.7 Å². The average molecular weight is 562 g/mol. The molecule has 1 aromatic heterocycles. The first kappa shape index (κ1) is 27.5. The maximum Gasteiger partial charge on any atom is 0.329 e. The molecule has 0 spiro atoms. The van der Waals surface area contributed by atoms with Crippen LogP contribution in [0.1, 0.15) is 42.6 Å². The topological polar surface area (TPSA) is 126 Å². The first-order chi connectivity index (χ1) is 18.2. The van der Waals surface area contributed by atoms with Crippen molar-refractivity contribution in [3.63, 3.8) is 0 Å². The van der Waals surface area contributed by atoms with Crippen LogP contribution >= 0.6 is 23.2 Å². The van der Waals surface area contributed by atoms with Crippen molar-refractivity contribution in [2.45, 2.75) is 44.8 Å². The number of rotatable bonds is 8. The van der Waals surface area contributed by atoms with E-state index < -0.39 is 23.9 Å². The normalized spacial score (nSPS) is 14.9. The molecule has 1 atom stereocenters. The Kier molecular flexibility index (Phi) is 8.63. The smallest absolute Gasteiger partial charge is 0.329 e. The number of hydrogen-bond acceptors (Lipinski definition) is 4. The number of para-hydroxylation sites is 2. The highest BCUT2D eigenvalue weighted by Gasteiger charge is 2.29. The number of piperidine rings is 1. The summed E-state index contributed by atoms with van der Waals surface area (Å²) >= 11 is 12.1. The third-order valence-electron chi connectivity index (χ3n) is 6.68. The van der Waals surface area contributed by atoms with Gasteiger partial charge in [0.05, 0.1) is 33.2 Å². The highest BCUT2D eigenvalue weighted by Crippen LogP contribution is 2.26. The van der Waals surface area contributed by atoms with Crippen molar-refractivity contribution in [2.24, 2.45) is 0 Å². The van der Waals surface area contributed by atoms with Gasteiger partial charge in [0, 0.05) is 25.7 Å². The van der Waals surface area contributed by atoms with Crippen LogP contribution in [0.4, 0.5) is 4.79 Å². The number of halogens is 2. The monoisotopic (exact) mass is 561 g/mol. The molecule has 3 aromatic rings. The molecule has 10 nitrogen and oxygen atoms in total. The molecule has 1 aliphatic rings. The van der Waals surface area contributed by atoms with E-state index in [2.05, 4.69) is 10.6 Å². The minimum Gasteiger partial charge on any atom is -0.480 e. The standard InChI is InChI=1S/C26H29Cl2N5O5/c1-2-12-32-20-8-3-4-9-21(20)33(26(32)38)16-10-13-31(14-11-16)25(37)29-15-19(24(35)36)30-23(34)22-17(27)6-5-7-18(22)28/h3-9,16,19H,2,10-15H2,1H3,(H,29,37)(H,30,34)(H,35,36). The van der Waals surface area contributed by atoms with E-state index in [0.717, 1.165) is 17.5 Å². The Labute approximate surface area is 229 Å². The van der Waals surface area contributed by atoms with Crippen molar-refractivity contribution < 1.29 is 19.5 Å². The number of hydrogen-bond donors (Lipinski definition) is 3. The minimum atomic E-state index is -1.39. The van der Waals surface area contributed by atoms with E-state index in [1.54, 1.807) is 15.5 Å². The highest BCUT2D eigenvalue weighted by atomic mass is 35.5. The van der Waals surface area contributed by atoms with Gasteiger partial charge in [0.25, 0.3) is 5.91 Å². The number of benzene rings is 2. The quantitative estimate of drug-likeness (QED) is 0.386. The predicted molar refractivity (Wildman–Crippen MR) is 145 cm³/mol. The third-order valence-corrected chi connectivity index (χ3v) is 7.31. The van der Waals surface area contributed by atoms with Gasteiger partial charge in [0.2, 0.25) is 0 Å². The lowest BCUT2D eigenvalue weighted by molar-refractivity contribution is -0.139. The fourth-order valence-electron chi connectivity index (χ4n) is 4.80. The number of urea groups is 1. The second-order valence-electron chi connectivity index (χ2n) is 9.16. The first-order valence-electron chi connectivity index (χ1n) is 12.4. The number of imidazole rings is 1. The van der Waals surface area contributed by atoms with Crippen LogP contribution in [0.5, 0.6) is 0 Å². The number of nitrogens with one attached hydrogen (secondary N) is 2. The zero-order valence-electron chi connectivity index (χ0n) is 20.8. The summed E-state index contributed by atoms with van der Waals surface area (Å²) in [5.74, 6) is -2.07. The number of amides is 3. The van der Waals surface area contributed by atoms with Gasteiger partial charge in [-0.25, -0.2) is 14.4 Å². The molecule has 4 rings (SSSR count). The Morgan fingerprint density at radius 3 is 2.26 bits per heavy atom. The highest BCUT2D eigenvalue weighted by molar-refractivity contribution is 6.39. The average Bonchev–Trinajstić information content (AvgIpc) is 3.17. The second-order valence-corrected chi connectivity index (χ2v) is 9.97. The summed E-state index contributed by atoms with van der Waals surface area (Å²) in [5, 5.41) is 14.7. The molecule has 1 saturated heterocycles. The summed E-state index contributed by atoms with van der Waals surface area (Å²) in [5.41, 5.74) is 1.70. The van der Waals surface area contributed by atoms with Crippen LogP contribution in [0.15, 0.2) is 47.3 Å². The number of carbonyl (C=O) groups excluding carboxylic acids is 2. The molecular weight excluding hydrogens is 533 g/mol. The lowest BCUT2D eigenvalue weighted by atomic mass is 10.0. The number of carbonyl (C=O) groups is 3. The number of nitrogens with zero attached hydrogens (tertiary/aromatic N) is 3. The van der Waals surface area contributed by atoms with Gasteiger partial charge < -0.3 is 20.6 Å². The number of carboxylic acid groups (broad SMARTS) is 1. The number of aromatic nitrogens is 2. The molecule has 2 aromatic carbocycles. The van der Waals surface area contributed by atoms with Crippen LogP contribution in [-0.4, -0.2) is 62.7 Å². The molecule has 1 fully saturated rings. The summed E-state index contributed by atoms with van der Waals surface area (Å²) in [7, 11) is 0. The van der Waals surface area contributed by atoms with Crippen LogP contribution < -0.4 is 16.3 Å². The maximum atomic E-state index is 13.2. The molecule has 1 unspecified atom stereocenters. The zero-order valence-corrected chi connectivity index (χ0v) is 22.3. The van der Waals surface area contributed by atoms with Crippen LogP contribution in [0, 0.1) is 0 Å². The third kappa shape index (κ3) is 5.66. The predicted octanol–water partition coefficient (Wildman–Crippen LogP) is 3.75. The van der Waals surface area contributed by atoms with Crippen molar-refractivity contribution in [1.29, 1.82) is 0 Å². The van der Waals surface area contributed by atoms with Gasteiger partial charge in [0.15, 0.2) is 0 Å². The molecule has 0 aliphatic carbocycles. The van der Waals surface area contributed by atoms with Gasteiger partial charge in [-0.05, 0) is 43.5 Å². The molecule has 0 saturated carbocycles. The number of fused-ring (bicyclic) bond motifs is 1. The van der Waals surface area contributed by atoms with Gasteiger partial charge in [-0.1, -0.05) is 48.3 Å². The summed E-state index contributed by atoms with van der Waals surface area (Å²) in [6.07, 6.45) is 2.00. The summed E-state index contributed by atoms with van der Waals surface area (Å²) in [6.45, 7) is 3.14. The molecule has 3 N–H and O–H groups in total. The van der Waals surface area contributed by atoms with E-state index in [1.807, 2.05) is 35.8 Å². The lowest BCUT2D eigenvalue weighted by Crippen LogP contribution is -2.52. The molecule has 0 bridgehead atoms. The Bertz CT molecular complexity index is 1390. The summed E-state index contributed by atoms with van der Waals surface area (Å²) in [4.78, 5) is 51.9. The Hall–Kier alpha value is -3.50. The maximum absolute atomic E-state index is 13.2. The molecule has 2 heterocycles. The summed E-state index contributed by atoms with van der Waals surface area (Å²) in [6, 6.07) is 10.3. The fraction of sp³-hybridized carbons (Fsp3) is 0.385. The lowest BCUT2D eigenvalue weighted by Gasteiger charge is -2.32. The molecule has 0 radical (unpaired) electrons. The summed E-state index contributed by atoms with van der Waals surface area (Å²) < 4.78 is 3.63. The molecule has 38 heavy (non-hydrogen) atoms. The van der Waals surface area contributed by atoms with Gasteiger partial charge in [-0.15, -0.1) is 0 Å². The van der Waals surface area contributed by atoms with Gasteiger partial charge in [-0.2, -0.15) is 0 Å². The molecule has 12 heteroatoms. The van der Waals surface area contributed by atoms with E-state index in [0.29, 0.717) is 32.5 Å². The molecule has 1 aliphatic heterocycles. The van der Waals surface area contributed by atoms with Crippen molar-refractivity contribution in [1.82, 2.24) is 24.7 Å². The SMILES string of the molecule is CCCn1c(=O)n(C2CCN(C(=O)NCC(NC(=O)c3c(Cl)cccc3Cl)C(=O)O)CC2)c2ccccc21. The van der Waals surface area contributed by atoms with Crippen LogP contribution in [0.2, 0.25) is 10.0 Å². The van der Waals surface area contributed by atoms with Crippen LogP contribution in [0.25, 0.3) is 11.0 Å². The molecular formula is C26H29Cl2N5O5. The van der Waals surface area contributed by atoms with Crippen molar-refractivity contribution in [3.8, 4) is 0 Å². The van der Waals surface area contributed by atoms with E-state index >= 15 is 0 Å². The van der Waals surface area contributed by atoms with Crippen LogP contribution in [-0.2, 0) is 11.3 Å². The van der Waals surface area contributed by atoms with Crippen molar-refractivity contribution in [2.75, 3.05) is 19.6 Å². The Morgan fingerprint density at radius 1 is 1.03 bits per heavy atom. The number of carboxylic acids is 1. The fourth-order valence-corrected chi connectivity index (χ4v) is 5.37. The van der Waals surface area contributed by atoms with Crippen molar-refractivity contribution >= 4 is 52.1 Å².